The molecule has 0 aliphatic heterocycles. The minimum Gasteiger partial charge on any atom is -0.494 e. The van der Waals surface area contributed by atoms with Crippen LogP contribution < -0.4 is 20.1 Å². The third-order valence-electron chi connectivity index (χ3n) is 5.22. The second kappa shape index (κ2) is 10.7. The van der Waals surface area contributed by atoms with E-state index in [-0.39, 0.29) is 18.6 Å². The van der Waals surface area contributed by atoms with Crippen molar-refractivity contribution in [1.29, 1.82) is 0 Å². The second-order valence-electron chi connectivity index (χ2n) is 7.81. The summed E-state index contributed by atoms with van der Waals surface area (Å²) < 4.78 is 11.4. The standard InChI is InChI=1S/C25H28N6O3/c1-4-16(3)28-23(32)15-34-19-8-6-7-17(11-19)24-30-22-10-9-20(33-5-2)12-21(22)25(31-24)29-18-13-26-27-14-18/h6-14,16H,4-5,15H2,1-3H3,(H,26,27)(H,28,32)(H,29,30,31). The average Bonchev–Trinajstić information content (AvgIpc) is 3.36. The van der Waals surface area contributed by atoms with Gasteiger partial charge >= 0.3 is 0 Å². The van der Waals surface area contributed by atoms with Crippen LogP contribution in [0, 0.1) is 0 Å². The molecule has 34 heavy (non-hydrogen) atoms. The predicted octanol–water partition coefficient (Wildman–Crippen LogP) is 4.46. The fourth-order valence-electron chi connectivity index (χ4n) is 3.34. The number of carbonyl (C=O) groups is 1. The van der Waals surface area contributed by atoms with E-state index in [1.54, 1.807) is 18.5 Å². The molecule has 0 radical (unpaired) electrons. The van der Waals surface area contributed by atoms with Crippen molar-refractivity contribution in [2.45, 2.75) is 33.2 Å². The fourth-order valence-corrected chi connectivity index (χ4v) is 3.34. The molecule has 0 aliphatic carbocycles. The van der Waals surface area contributed by atoms with Crippen LogP contribution in [0.5, 0.6) is 11.5 Å². The summed E-state index contributed by atoms with van der Waals surface area (Å²) in [5, 5.41) is 13.8. The van der Waals surface area contributed by atoms with E-state index < -0.39 is 0 Å². The molecule has 4 aromatic rings. The first-order chi connectivity index (χ1) is 16.6. The molecular formula is C25H28N6O3. The molecule has 2 heterocycles. The number of aromatic amines is 1. The number of rotatable bonds is 10. The Morgan fingerprint density at radius 1 is 1.09 bits per heavy atom. The highest BCUT2D eigenvalue weighted by atomic mass is 16.5. The van der Waals surface area contributed by atoms with E-state index >= 15 is 0 Å². The zero-order valence-electron chi connectivity index (χ0n) is 19.5. The molecule has 2 aromatic carbocycles. The molecular weight excluding hydrogens is 432 g/mol. The molecule has 0 fully saturated rings. The van der Waals surface area contributed by atoms with Crippen molar-refractivity contribution in [3.05, 3.63) is 54.9 Å². The first kappa shape index (κ1) is 23.0. The van der Waals surface area contributed by atoms with Gasteiger partial charge in [-0.15, -0.1) is 0 Å². The third-order valence-corrected chi connectivity index (χ3v) is 5.22. The van der Waals surface area contributed by atoms with Crippen molar-refractivity contribution in [3.8, 4) is 22.9 Å². The smallest absolute Gasteiger partial charge is 0.258 e. The second-order valence-corrected chi connectivity index (χ2v) is 7.81. The maximum absolute atomic E-state index is 12.1. The van der Waals surface area contributed by atoms with Gasteiger partial charge in [0, 0.05) is 23.2 Å². The molecule has 2 aromatic heterocycles. The Kier molecular flexibility index (Phi) is 7.22. The van der Waals surface area contributed by atoms with Gasteiger partial charge in [-0.2, -0.15) is 5.10 Å². The van der Waals surface area contributed by atoms with Crippen LogP contribution in [-0.4, -0.2) is 45.3 Å². The number of hydrogen-bond acceptors (Lipinski definition) is 7. The van der Waals surface area contributed by atoms with Crippen LogP contribution in [0.1, 0.15) is 27.2 Å². The molecule has 9 nitrogen and oxygen atoms in total. The number of amides is 1. The molecule has 176 valence electrons. The first-order valence-electron chi connectivity index (χ1n) is 11.3. The summed E-state index contributed by atoms with van der Waals surface area (Å²) in [7, 11) is 0. The van der Waals surface area contributed by atoms with E-state index in [1.807, 2.05) is 57.2 Å². The van der Waals surface area contributed by atoms with Crippen molar-refractivity contribution in [3.63, 3.8) is 0 Å². The van der Waals surface area contributed by atoms with Gasteiger partial charge in [-0.3, -0.25) is 9.89 Å². The molecule has 0 spiro atoms. The minimum atomic E-state index is -0.154. The molecule has 3 N–H and O–H groups in total. The Bertz CT molecular complexity index is 1260. The number of benzene rings is 2. The number of nitrogens with zero attached hydrogens (tertiary/aromatic N) is 3. The van der Waals surface area contributed by atoms with E-state index in [4.69, 9.17) is 19.4 Å². The Balaban J connectivity index is 1.64. The molecule has 1 amide bonds. The predicted molar refractivity (Wildman–Crippen MR) is 131 cm³/mol. The molecule has 4 rings (SSSR count). The van der Waals surface area contributed by atoms with Gasteiger partial charge in [-0.1, -0.05) is 19.1 Å². The van der Waals surface area contributed by atoms with Gasteiger partial charge in [-0.25, -0.2) is 9.97 Å². The van der Waals surface area contributed by atoms with Crippen LogP contribution in [0.15, 0.2) is 54.9 Å². The Morgan fingerprint density at radius 3 is 2.71 bits per heavy atom. The topological polar surface area (TPSA) is 114 Å². The van der Waals surface area contributed by atoms with Crippen LogP contribution in [0.4, 0.5) is 11.5 Å². The average molecular weight is 461 g/mol. The number of ether oxygens (including phenoxy) is 2. The van der Waals surface area contributed by atoms with Crippen molar-refractivity contribution in [2.75, 3.05) is 18.5 Å². The van der Waals surface area contributed by atoms with Crippen LogP contribution in [0.3, 0.4) is 0 Å². The molecule has 0 bridgehead atoms. The Morgan fingerprint density at radius 2 is 1.94 bits per heavy atom. The van der Waals surface area contributed by atoms with Gasteiger partial charge in [0.15, 0.2) is 12.4 Å². The number of H-pyrrole nitrogens is 1. The summed E-state index contributed by atoms with van der Waals surface area (Å²) in [6, 6.07) is 13.2. The van der Waals surface area contributed by atoms with Gasteiger partial charge in [0.05, 0.1) is 24.0 Å². The van der Waals surface area contributed by atoms with Crippen molar-refractivity contribution in [2.24, 2.45) is 0 Å². The lowest BCUT2D eigenvalue weighted by atomic mass is 10.1. The largest absolute Gasteiger partial charge is 0.494 e. The monoisotopic (exact) mass is 460 g/mol. The lowest BCUT2D eigenvalue weighted by Crippen LogP contribution is -2.35. The summed E-state index contributed by atoms with van der Waals surface area (Å²) in [6.07, 6.45) is 4.29. The van der Waals surface area contributed by atoms with Gasteiger partial charge in [0.25, 0.3) is 5.91 Å². The number of aromatic nitrogens is 4. The molecule has 9 heteroatoms. The highest BCUT2D eigenvalue weighted by Crippen LogP contribution is 2.31. The van der Waals surface area contributed by atoms with Crippen molar-refractivity contribution in [1.82, 2.24) is 25.5 Å². The first-order valence-corrected chi connectivity index (χ1v) is 11.3. The van der Waals surface area contributed by atoms with Gasteiger partial charge in [-0.05, 0) is 50.6 Å². The maximum atomic E-state index is 12.1. The summed E-state index contributed by atoms with van der Waals surface area (Å²) in [4.78, 5) is 21.6. The third kappa shape index (κ3) is 5.61. The molecule has 0 saturated heterocycles. The highest BCUT2D eigenvalue weighted by Gasteiger charge is 2.13. The number of carbonyl (C=O) groups excluding carboxylic acids is 1. The lowest BCUT2D eigenvalue weighted by Gasteiger charge is -2.13. The van der Waals surface area contributed by atoms with Gasteiger partial charge < -0.3 is 20.1 Å². The molecule has 1 unspecified atom stereocenters. The summed E-state index contributed by atoms with van der Waals surface area (Å²) in [5.41, 5.74) is 2.31. The Labute approximate surface area is 197 Å². The highest BCUT2D eigenvalue weighted by molar-refractivity contribution is 5.93. The van der Waals surface area contributed by atoms with Crippen LogP contribution in [-0.2, 0) is 4.79 Å². The molecule has 1 atom stereocenters. The zero-order chi connectivity index (χ0) is 23.9. The van der Waals surface area contributed by atoms with Gasteiger partial charge in [0.2, 0.25) is 0 Å². The van der Waals surface area contributed by atoms with Crippen LogP contribution >= 0.6 is 0 Å². The number of nitrogens with one attached hydrogen (secondary N) is 3. The zero-order valence-corrected chi connectivity index (χ0v) is 19.5. The van der Waals surface area contributed by atoms with E-state index in [9.17, 15) is 4.79 Å². The maximum Gasteiger partial charge on any atom is 0.258 e. The van der Waals surface area contributed by atoms with Gasteiger partial charge in [0.1, 0.15) is 17.3 Å². The number of fused-ring (bicyclic) bond motifs is 1. The summed E-state index contributed by atoms with van der Waals surface area (Å²) in [5.74, 6) is 2.31. The van der Waals surface area contributed by atoms with E-state index in [1.165, 1.54) is 0 Å². The van der Waals surface area contributed by atoms with Crippen molar-refractivity contribution >= 4 is 28.3 Å². The van der Waals surface area contributed by atoms with Crippen LogP contribution in [0.25, 0.3) is 22.3 Å². The quantitative estimate of drug-likeness (QED) is 0.320. The van der Waals surface area contributed by atoms with Crippen molar-refractivity contribution < 1.29 is 14.3 Å². The fraction of sp³-hybridized carbons (Fsp3) is 0.280. The SMILES string of the molecule is CCOc1ccc2nc(-c3cccc(OCC(=O)NC(C)CC)c3)nc(Nc3cn[nH]c3)c2c1. The summed E-state index contributed by atoms with van der Waals surface area (Å²) in [6.45, 7) is 6.43. The van der Waals surface area contributed by atoms with E-state index in [0.717, 1.165) is 34.3 Å². The number of hydrogen-bond donors (Lipinski definition) is 3. The van der Waals surface area contributed by atoms with E-state index in [2.05, 4.69) is 20.8 Å². The minimum absolute atomic E-state index is 0.0557. The molecule has 0 saturated carbocycles. The number of anilines is 2. The van der Waals surface area contributed by atoms with E-state index in [0.29, 0.717) is 24.0 Å². The summed E-state index contributed by atoms with van der Waals surface area (Å²) >= 11 is 0. The molecule has 0 aliphatic rings. The lowest BCUT2D eigenvalue weighted by molar-refractivity contribution is -0.123. The normalized spacial score (nSPS) is 11.7. The van der Waals surface area contributed by atoms with Crippen LogP contribution in [0.2, 0.25) is 0 Å². The Hall–Kier alpha value is -4.14.